The van der Waals surface area contributed by atoms with Crippen LogP contribution in [-0.4, -0.2) is 17.6 Å². The number of rotatable bonds is 1. The summed E-state index contributed by atoms with van der Waals surface area (Å²) in [7, 11) is 0. The van der Waals surface area contributed by atoms with Crippen molar-refractivity contribution in [3.8, 4) is 5.75 Å². The van der Waals surface area contributed by atoms with Crippen LogP contribution in [0.25, 0.3) is 0 Å². The minimum atomic E-state index is -0.126. The molecule has 2 aromatic carbocycles. The van der Waals surface area contributed by atoms with Crippen LogP contribution in [-0.2, 0) is 6.42 Å². The fourth-order valence-electron chi connectivity index (χ4n) is 2.72. The third kappa shape index (κ3) is 2.49. The molecule has 0 spiro atoms. The third-order valence-corrected chi connectivity index (χ3v) is 4.27. The highest BCUT2D eigenvalue weighted by atomic mass is 35.5. The van der Waals surface area contributed by atoms with Gasteiger partial charge in [-0.3, -0.25) is 4.79 Å². The van der Waals surface area contributed by atoms with Crippen LogP contribution in [0.2, 0.25) is 5.02 Å². The Morgan fingerprint density at radius 2 is 2.10 bits per heavy atom. The van der Waals surface area contributed by atoms with E-state index in [9.17, 15) is 9.90 Å². The summed E-state index contributed by atoms with van der Waals surface area (Å²) in [6.45, 7) is 2.51. The van der Waals surface area contributed by atoms with Gasteiger partial charge in [0.05, 0.1) is 5.69 Å². The Bertz CT molecular complexity index is 712. The smallest absolute Gasteiger partial charge is 0.258 e. The number of anilines is 1. The van der Waals surface area contributed by atoms with Crippen molar-refractivity contribution >= 4 is 23.2 Å². The van der Waals surface area contributed by atoms with E-state index >= 15 is 0 Å². The predicted octanol–water partition coefficient (Wildman–Crippen LogP) is 3.95. The second kappa shape index (κ2) is 5.41. The van der Waals surface area contributed by atoms with Gasteiger partial charge in [0, 0.05) is 17.1 Å². The Kier molecular flexibility index (Phi) is 3.60. The van der Waals surface area contributed by atoms with Crippen LogP contribution in [0.4, 0.5) is 5.69 Å². The maximum absolute atomic E-state index is 12.7. The summed E-state index contributed by atoms with van der Waals surface area (Å²) in [6, 6.07) is 10.7. The topological polar surface area (TPSA) is 40.5 Å². The number of nitrogens with zero attached hydrogens (tertiary/aromatic N) is 1. The van der Waals surface area contributed by atoms with Crippen LogP contribution < -0.4 is 4.90 Å². The van der Waals surface area contributed by atoms with E-state index in [1.54, 1.807) is 23.1 Å². The quantitative estimate of drug-likeness (QED) is 0.866. The van der Waals surface area contributed by atoms with Gasteiger partial charge >= 0.3 is 0 Å². The zero-order chi connectivity index (χ0) is 15.0. The lowest BCUT2D eigenvalue weighted by Gasteiger charge is -2.30. The number of phenols is 1. The van der Waals surface area contributed by atoms with Gasteiger partial charge < -0.3 is 10.0 Å². The summed E-state index contributed by atoms with van der Waals surface area (Å²) in [4.78, 5) is 14.4. The van der Waals surface area contributed by atoms with E-state index in [-0.39, 0.29) is 11.7 Å². The highest BCUT2D eigenvalue weighted by molar-refractivity contribution is 6.31. The molecule has 1 heterocycles. The Morgan fingerprint density at radius 1 is 1.29 bits per heavy atom. The summed E-state index contributed by atoms with van der Waals surface area (Å²) in [5, 5.41) is 10.7. The minimum absolute atomic E-state index is 0.126. The minimum Gasteiger partial charge on any atom is -0.506 e. The molecule has 1 N–H and O–H groups in total. The maximum Gasteiger partial charge on any atom is 0.258 e. The molecule has 4 heteroatoms. The largest absolute Gasteiger partial charge is 0.506 e. The number of carbonyl (C=O) groups is 1. The third-order valence-electron chi connectivity index (χ3n) is 3.86. The van der Waals surface area contributed by atoms with Gasteiger partial charge in [-0.05, 0) is 49.1 Å². The lowest BCUT2D eigenvalue weighted by Crippen LogP contribution is -2.35. The van der Waals surface area contributed by atoms with Crippen molar-refractivity contribution in [3.05, 3.63) is 58.1 Å². The van der Waals surface area contributed by atoms with E-state index in [1.807, 2.05) is 25.1 Å². The van der Waals surface area contributed by atoms with Gasteiger partial charge in [0.1, 0.15) is 5.75 Å². The van der Waals surface area contributed by atoms with Gasteiger partial charge in [-0.25, -0.2) is 0 Å². The second-order valence-corrected chi connectivity index (χ2v) is 5.72. The second-order valence-electron chi connectivity index (χ2n) is 5.31. The Hall–Kier alpha value is -2.00. The first kappa shape index (κ1) is 14.0. The molecule has 0 fully saturated rings. The molecule has 0 aliphatic carbocycles. The molecule has 0 bridgehead atoms. The van der Waals surface area contributed by atoms with Crippen molar-refractivity contribution < 1.29 is 9.90 Å². The lowest BCUT2D eigenvalue weighted by atomic mass is 10.00. The van der Waals surface area contributed by atoms with Crippen LogP contribution in [0.1, 0.15) is 27.9 Å². The molecule has 0 saturated carbocycles. The number of hydrogen-bond donors (Lipinski definition) is 1. The summed E-state index contributed by atoms with van der Waals surface area (Å²) >= 11 is 6.11. The number of aryl methyl sites for hydroxylation is 2. The highest BCUT2D eigenvalue weighted by Gasteiger charge is 2.26. The molecular weight excluding hydrogens is 286 g/mol. The first-order chi connectivity index (χ1) is 10.1. The molecule has 1 aliphatic rings. The Morgan fingerprint density at radius 3 is 2.86 bits per heavy atom. The van der Waals surface area contributed by atoms with Crippen molar-refractivity contribution in [2.24, 2.45) is 0 Å². The molecule has 2 aromatic rings. The van der Waals surface area contributed by atoms with E-state index in [4.69, 9.17) is 11.6 Å². The number of carbonyl (C=O) groups excluding carboxylic acids is 1. The first-order valence-corrected chi connectivity index (χ1v) is 7.34. The zero-order valence-electron chi connectivity index (χ0n) is 11.8. The number of hydrogen-bond acceptors (Lipinski definition) is 2. The number of halogens is 1. The standard InChI is InChI=1S/C17H16ClNO2/c1-11-7-8-13(10-14(11)18)17(21)19-9-3-5-12-4-2-6-15(20)16(12)19/h2,4,6-8,10,20H,3,5,9H2,1H3. The van der Waals surface area contributed by atoms with Gasteiger partial charge in [-0.2, -0.15) is 0 Å². The van der Waals surface area contributed by atoms with Gasteiger partial charge in [0.15, 0.2) is 0 Å². The molecule has 0 unspecified atom stereocenters. The van der Waals surface area contributed by atoms with Gasteiger partial charge in [0.2, 0.25) is 0 Å². The monoisotopic (exact) mass is 301 g/mol. The molecule has 1 amide bonds. The van der Waals surface area contributed by atoms with E-state index in [2.05, 4.69) is 0 Å². The van der Waals surface area contributed by atoms with Crippen LogP contribution in [0.5, 0.6) is 5.75 Å². The predicted molar refractivity (Wildman–Crippen MR) is 84.3 cm³/mol. The number of aromatic hydroxyl groups is 1. The molecule has 3 rings (SSSR count). The van der Waals surface area contributed by atoms with Gasteiger partial charge in [0.25, 0.3) is 5.91 Å². The average molecular weight is 302 g/mol. The number of para-hydroxylation sites is 1. The van der Waals surface area contributed by atoms with Crippen molar-refractivity contribution in [3.63, 3.8) is 0 Å². The molecule has 0 saturated heterocycles. The molecule has 21 heavy (non-hydrogen) atoms. The van der Waals surface area contributed by atoms with Crippen molar-refractivity contribution in [1.29, 1.82) is 0 Å². The van der Waals surface area contributed by atoms with Crippen molar-refractivity contribution in [2.75, 3.05) is 11.4 Å². The SMILES string of the molecule is Cc1ccc(C(=O)N2CCCc3cccc(O)c32)cc1Cl. The molecule has 108 valence electrons. The molecule has 0 radical (unpaired) electrons. The number of phenolic OH excluding ortho intramolecular Hbond substituents is 1. The number of amides is 1. The van der Waals surface area contributed by atoms with Gasteiger partial charge in [-0.1, -0.05) is 29.8 Å². The first-order valence-electron chi connectivity index (χ1n) is 6.97. The fourth-order valence-corrected chi connectivity index (χ4v) is 2.90. The van der Waals surface area contributed by atoms with E-state index in [0.29, 0.717) is 22.8 Å². The molecule has 1 aliphatic heterocycles. The molecule has 0 aromatic heterocycles. The maximum atomic E-state index is 12.7. The van der Waals surface area contributed by atoms with E-state index in [0.717, 1.165) is 24.0 Å². The normalized spacial score (nSPS) is 13.9. The summed E-state index contributed by atoms with van der Waals surface area (Å²) in [6.07, 6.45) is 1.77. The summed E-state index contributed by atoms with van der Waals surface area (Å²) in [5.74, 6) is 0.0260. The average Bonchev–Trinajstić information content (AvgIpc) is 2.49. The molecular formula is C17H16ClNO2. The number of benzene rings is 2. The molecule has 0 atom stereocenters. The Labute approximate surface area is 128 Å². The van der Waals surface area contributed by atoms with Crippen molar-refractivity contribution in [1.82, 2.24) is 0 Å². The van der Waals surface area contributed by atoms with Crippen LogP contribution in [0.15, 0.2) is 36.4 Å². The number of fused-ring (bicyclic) bond motifs is 1. The van der Waals surface area contributed by atoms with Crippen LogP contribution in [0, 0.1) is 6.92 Å². The fraction of sp³-hybridized carbons (Fsp3) is 0.235. The summed E-state index contributed by atoms with van der Waals surface area (Å²) < 4.78 is 0. The van der Waals surface area contributed by atoms with Crippen LogP contribution >= 0.6 is 11.6 Å². The van der Waals surface area contributed by atoms with Crippen molar-refractivity contribution in [2.45, 2.75) is 19.8 Å². The highest BCUT2D eigenvalue weighted by Crippen LogP contribution is 2.36. The van der Waals surface area contributed by atoms with E-state index < -0.39 is 0 Å². The summed E-state index contributed by atoms with van der Waals surface area (Å²) in [5.41, 5.74) is 3.12. The zero-order valence-corrected chi connectivity index (χ0v) is 12.5. The van der Waals surface area contributed by atoms with E-state index in [1.165, 1.54) is 0 Å². The molecule has 3 nitrogen and oxygen atoms in total. The lowest BCUT2D eigenvalue weighted by molar-refractivity contribution is 0.0984. The van der Waals surface area contributed by atoms with Gasteiger partial charge in [-0.15, -0.1) is 0 Å². The van der Waals surface area contributed by atoms with Crippen LogP contribution in [0.3, 0.4) is 0 Å². The Balaban J connectivity index is 2.02.